The Hall–Kier alpha value is -2.77. The van der Waals surface area contributed by atoms with Crippen molar-refractivity contribution in [2.45, 2.75) is 39.2 Å². The zero-order valence-corrected chi connectivity index (χ0v) is 16.4. The van der Waals surface area contributed by atoms with Crippen LogP contribution in [0.15, 0.2) is 24.3 Å². The largest absolute Gasteiger partial charge is 0.338 e. The number of nitrogens with one attached hydrogen (secondary N) is 1. The smallest absolute Gasteiger partial charge is 0.274 e. The molecule has 8 heteroatoms. The van der Waals surface area contributed by atoms with Crippen LogP contribution in [0, 0.1) is 17.0 Å². The van der Waals surface area contributed by atoms with Crippen molar-refractivity contribution in [2.24, 2.45) is 5.41 Å². The second kappa shape index (κ2) is 7.57. The van der Waals surface area contributed by atoms with Gasteiger partial charge in [-0.25, -0.2) is 8.78 Å². The van der Waals surface area contributed by atoms with Gasteiger partial charge in [0.15, 0.2) is 0 Å². The molecule has 3 heterocycles. The van der Waals surface area contributed by atoms with E-state index in [0.29, 0.717) is 37.3 Å². The normalized spacial score (nSPS) is 18.7. The van der Waals surface area contributed by atoms with Crippen LogP contribution in [-0.2, 0) is 17.8 Å². The van der Waals surface area contributed by atoms with Crippen LogP contribution in [0.2, 0.25) is 0 Å². The maximum absolute atomic E-state index is 13.4. The lowest BCUT2D eigenvalue weighted by Crippen LogP contribution is -2.44. The summed E-state index contributed by atoms with van der Waals surface area (Å²) in [6.45, 7) is 3.89. The highest BCUT2D eigenvalue weighted by Crippen LogP contribution is 2.41. The topological polar surface area (TPSA) is 69.3 Å². The van der Waals surface area contributed by atoms with Gasteiger partial charge in [-0.05, 0) is 43.0 Å². The van der Waals surface area contributed by atoms with Crippen LogP contribution in [0.5, 0.6) is 0 Å². The van der Waals surface area contributed by atoms with E-state index in [1.807, 2.05) is 6.92 Å². The molecule has 1 spiro atoms. The number of amides is 2. The summed E-state index contributed by atoms with van der Waals surface area (Å²) in [6, 6.07) is 5.13. The highest BCUT2D eigenvalue weighted by molar-refractivity contribution is 5.92. The number of piperidine rings is 1. The molecule has 2 aliphatic heterocycles. The summed E-state index contributed by atoms with van der Waals surface area (Å²) in [5.41, 5.74) is 1.62. The van der Waals surface area contributed by atoms with E-state index in [9.17, 15) is 18.4 Å². The maximum Gasteiger partial charge on any atom is 0.274 e. The molecule has 154 valence electrons. The molecule has 4 rings (SSSR count). The molecule has 2 aliphatic rings. The predicted octanol–water partition coefficient (Wildman–Crippen LogP) is 2.91. The quantitative estimate of drug-likeness (QED) is 0.855. The lowest BCUT2D eigenvalue weighted by atomic mass is 9.77. The molecule has 0 atom stereocenters. The zero-order valence-electron chi connectivity index (χ0n) is 16.4. The molecule has 0 aliphatic carbocycles. The number of halogens is 2. The molecule has 2 aromatic rings. The van der Waals surface area contributed by atoms with Gasteiger partial charge in [-0.3, -0.25) is 14.7 Å². The van der Waals surface area contributed by atoms with Gasteiger partial charge in [0.2, 0.25) is 5.91 Å². The van der Waals surface area contributed by atoms with E-state index in [2.05, 4.69) is 10.2 Å². The van der Waals surface area contributed by atoms with Crippen LogP contribution in [0.1, 0.15) is 47.9 Å². The summed E-state index contributed by atoms with van der Waals surface area (Å²) in [5.74, 6) is -1.38. The third-order valence-corrected chi connectivity index (χ3v) is 6.04. The number of aromatic nitrogens is 2. The molecule has 1 aromatic carbocycles. The lowest BCUT2D eigenvalue weighted by molar-refractivity contribution is -0.128. The van der Waals surface area contributed by atoms with Crippen LogP contribution in [0.4, 0.5) is 8.78 Å². The number of carbonyl (C=O) groups is 2. The monoisotopic (exact) mass is 402 g/mol. The van der Waals surface area contributed by atoms with Gasteiger partial charge in [0.05, 0.1) is 0 Å². The fraction of sp³-hybridized carbons (Fsp3) is 0.476. The average Bonchev–Trinajstić information content (AvgIpc) is 3.26. The van der Waals surface area contributed by atoms with E-state index in [1.165, 1.54) is 12.1 Å². The first kappa shape index (κ1) is 19.5. The number of aryl methyl sites for hydroxylation is 1. The second-order valence-electron chi connectivity index (χ2n) is 8.13. The first-order valence-corrected chi connectivity index (χ1v) is 9.94. The Morgan fingerprint density at radius 1 is 1.17 bits per heavy atom. The van der Waals surface area contributed by atoms with Crippen LogP contribution in [-0.4, -0.2) is 51.4 Å². The molecule has 0 unspecified atom stereocenters. The van der Waals surface area contributed by atoms with Gasteiger partial charge in [-0.1, -0.05) is 6.92 Å². The Balaban J connectivity index is 1.38. The fourth-order valence-corrected chi connectivity index (χ4v) is 4.38. The van der Waals surface area contributed by atoms with Crippen molar-refractivity contribution in [2.75, 3.05) is 19.6 Å². The Labute approximate surface area is 167 Å². The van der Waals surface area contributed by atoms with Crippen molar-refractivity contribution >= 4 is 11.8 Å². The molecule has 2 amide bonds. The van der Waals surface area contributed by atoms with Crippen LogP contribution >= 0.6 is 0 Å². The highest BCUT2D eigenvalue weighted by Gasteiger charge is 2.45. The van der Waals surface area contributed by atoms with Gasteiger partial charge in [-0.2, -0.15) is 5.10 Å². The number of hydrogen-bond donors (Lipinski definition) is 1. The first-order chi connectivity index (χ1) is 13.9. The number of benzene rings is 1. The summed E-state index contributed by atoms with van der Waals surface area (Å²) >= 11 is 0. The molecule has 0 saturated carbocycles. The standard InChI is InChI=1S/C21H24F2N4O2/c1-2-17-10-18(25-24-17)20(29)26-5-3-21(4-6-26)11-19(28)27(13-21)12-14-7-15(22)9-16(23)8-14/h7-10H,2-6,11-13H2,1H3,(H,24,25). The van der Waals surface area contributed by atoms with Crippen molar-refractivity contribution < 1.29 is 18.4 Å². The highest BCUT2D eigenvalue weighted by atomic mass is 19.1. The fourth-order valence-electron chi connectivity index (χ4n) is 4.38. The lowest BCUT2D eigenvalue weighted by Gasteiger charge is -2.38. The number of rotatable bonds is 4. The SMILES string of the molecule is CCc1cc(C(=O)N2CCC3(CC2)CC(=O)N(Cc2cc(F)cc(F)c2)C3)n[nH]1. The first-order valence-electron chi connectivity index (χ1n) is 9.94. The number of H-pyrrole nitrogens is 1. The van der Waals surface area contributed by atoms with Crippen molar-refractivity contribution in [1.82, 2.24) is 20.0 Å². The number of likely N-dealkylation sites (tertiary alicyclic amines) is 2. The minimum absolute atomic E-state index is 0.00525. The van der Waals surface area contributed by atoms with E-state index in [0.717, 1.165) is 31.0 Å². The Kier molecular flexibility index (Phi) is 5.10. The summed E-state index contributed by atoms with van der Waals surface area (Å²) in [6.07, 6.45) is 2.65. The van der Waals surface area contributed by atoms with Crippen LogP contribution in [0.25, 0.3) is 0 Å². The summed E-state index contributed by atoms with van der Waals surface area (Å²) < 4.78 is 26.9. The second-order valence-corrected chi connectivity index (χ2v) is 8.13. The molecular formula is C21H24F2N4O2. The molecule has 29 heavy (non-hydrogen) atoms. The average molecular weight is 402 g/mol. The van der Waals surface area contributed by atoms with Gasteiger partial charge >= 0.3 is 0 Å². The van der Waals surface area contributed by atoms with Gasteiger partial charge < -0.3 is 9.80 Å². The van der Waals surface area contributed by atoms with Crippen molar-refractivity contribution in [3.8, 4) is 0 Å². The van der Waals surface area contributed by atoms with Gasteiger partial charge in [-0.15, -0.1) is 0 Å². The Morgan fingerprint density at radius 2 is 1.86 bits per heavy atom. The van der Waals surface area contributed by atoms with Crippen LogP contribution in [0.3, 0.4) is 0 Å². The summed E-state index contributed by atoms with van der Waals surface area (Å²) in [5, 5.41) is 6.96. The summed E-state index contributed by atoms with van der Waals surface area (Å²) in [7, 11) is 0. The van der Waals surface area contributed by atoms with E-state index >= 15 is 0 Å². The molecule has 1 N–H and O–H groups in total. The number of nitrogens with zero attached hydrogens (tertiary/aromatic N) is 3. The van der Waals surface area contributed by atoms with E-state index in [4.69, 9.17) is 0 Å². The van der Waals surface area contributed by atoms with Gasteiger partial charge in [0.25, 0.3) is 5.91 Å². The van der Waals surface area contributed by atoms with E-state index in [-0.39, 0.29) is 23.8 Å². The van der Waals surface area contributed by atoms with E-state index < -0.39 is 11.6 Å². The Morgan fingerprint density at radius 3 is 2.48 bits per heavy atom. The molecule has 2 saturated heterocycles. The number of aromatic amines is 1. The van der Waals surface area contributed by atoms with Crippen molar-refractivity contribution in [1.29, 1.82) is 0 Å². The minimum atomic E-state index is -0.641. The maximum atomic E-state index is 13.4. The Bertz CT molecular complexity index is 914. The molecule has 0 bridgehead atoms. The molecular weight excluding hydrogens is 378 g/mol. The van der Waals surface area contributed by atoms with Crippen molar-refractivity contribution in [3.05, 3.63) is 52.9 Å². The van der Waals surface area contributed by atoms with Crippen molar-refractivity contribution in [3.63, 3.8) is 0 Å². The minimum Gasteiger partial charge on any atom is -0.338 e. The number of hydrogen-bond acceptors (Lipinski definition) is 3. The van der Waals surface area contributed by atoms with E-state index in [1.54, 1.807) is 15.9 Å². The third-order valence-electron chi connectivity index (χ3n) is 6.04. The third kappa shape index (κ3) is 4.02. The molecule has 2 fully saturated rings. The predicted molar refractivity (Wildman–Crippen MR) is 102 cm³/mol. The van der Waals surface area contributed by atoms with Gasteiger partial charge in [0, 0.05) is 49.8 Å². The molecule has 6 nitrogen and oxygen atoms in total. The number of carbonyl (C=O) groups excluding carboxylic acids is 2. The zero-order chi connectivity index (χ0) is 20.6. The molecule has 0 radical (unpaired) electrons. The summed E-state index contributed by atoms with van der Waals surface area (Å²) in [4.78, 5) is 28.7. The van der Waals surface area contributed by atoms with Crippen LogP contribution < -0.4 is 0 Å². The molecule has 1 aromatic heterocycles. The van der Waals surface area contributed by atoms with Gasteiger partial charge in [0.1, 0.15) is 17.3 Å².